The molecule has 4 heteroatoms. The second kappa shape index (κ2) is 5.75. The molecular formula is C12H21N3S. The third kappa shape index (κ3) is 2.62. The van der Waals surface area contributed by atoms with Gasteiger partial charge in [-0.05, 0) is 12.8 Å². The number of aryl methyl sites for hydroxylation is 1. The summed E-state index contributed by atoms with van der Waals surface area (Å²) in [5.74, 6) is 0. The van der Waals surface area contributed by atoms with E-state index in [-0.39, 0.29) is 0 Å². The molecule has 90 valence electrons. The van der Waals surface area contributed by atoms with Crippen molar-refractivity contribution >= 4 is 11.3 Å². The Hall–Kier alpha value is -0.450. The summed E-state index contributed by atoms with van der Waals surface area (Å²) in [6.45, 7) is 8.97. The van der Waals surface area contributed by atoms with E-state index in [0.29, 0.717) is 6.04 Å². The summed E-state index contributed by atoms with van der Waals surface area (Å²) in [7, 11) is 0. The molecule has 1 saturated heterocycles. The number of nitrogens with zero attached hydrogens (tertiary/aromatic N) is 2. The van der Waals surface area contributed by atoms with Gasteiger partial charge >= 0.3 is 0 Å². The van der Waals surface area contributed by atoms with Crippen molar-refractivity contribution in [3.05, 3.63) is 16.1 Å². The highest BCUT2D eigenvalue weighted by molar-refractivity contribution is 7.09. The summed E-state index contributed by atoms with van der Waals surface area (Å²) in [5.41, 5.74) is 1.24. The molecule has 3 nitrogen and oxygen atoms in total. The number of aromatic nitrogens is 1. The first-order chi connectivity index (χ1) is 7.85. The lowest BCUT2D eigenvalue weighted by molar-refractivity contribution is 0.169. The fraction of sp³-hybridized carbons (Fsp3) is 0.750. The number of thiazole rings is 1. The molecule has 1 aliphatic heterocycles. The van der Waals surface area contributed by atoms with Crippen LogP contribution in [0, 0.1) is 0 Å². The Labute approximate surface area is 102 Å². The zero-order valence-electron chi connectivity index (χ0n) is 10.2. The van der Waals surface area contributed by atoms with Gasteiger partial charge in [0.05, 0.1) is 11.7 Å². The monoisotopic (exact) mass is 239 g/mol. The lowest BCUT2D eigenvalue weighted by Crippen LogP contribution is -2.45. The van der Waals surface area contributed by atoms with Crippen molar-refractivity contribution in [3.8, 4) is 0 Å². The molecule has 2 rings (SSSR count). The van der Waals surface area contributed by atoms with E-state index in [9.17, 15) is 0 Å². The molecule has 0 aromatic carbocycles. The number of piperazine rings is 1. The first kappa shape index (κ1) is 12.0. The van der Waals surface area contributed by atoms with Gasteiger partial charge in [-0.3, -0.25) is 4.90 Å². The van der Waals surface area contributed by atoms with Crippen molar-refractivity contribution in [2.45, 2.75) is 32.7 Å². The Morgan fingerprint density at radius 1 is 1.44 bits per heavy atom. The smallest absolute Gasteiger partial charge is 0.110 e. The van der Waals surface area contributed by atoms with Crippen molar-refractivity contribution in [3.63, 3.8) is 0 Å². The van der Waals surface area contributed by atoms with Crippen molar-refractivity contribution in [2.75, 3.05) is 26.2 Å². The van der Waals surface area contributed by atoms with Gasteiger partial charge in [0.15, 0.2) is 0 Å². The Balaban J connectivity index is 2.08. The minimum Gasteiger partial charge on any atom is -0.314 e. The summed E-state index contributed by atoms with van der Waals surface area (Å²) in [6.07, 6.45) is 2.21. The Morgan fingerprint density at radius 3 is 2.75 bits per heavy atom. The SMILES string of the molecule is CCc1csc(C(CC)N2CCNCC2)n1. The van der Waals surface area contributed by atoms with Crippen molar-refractivity contribution in [1.82, 2.24) is 15.2 Å². The number of nitrogens with one attached hydrogen (secondary N) is 1. The zero-order chi connectivity index (χ0) is 11.4. The molecule has 1 N–H and O–H groups in total. The molecule has 1 aliphatic rings. The molecule has 1 atom stereocenters. The van der Waals surface area contributed by atoms with Crippen LogP contribution in [0.3, 0.4) is 0 Å². The van der Waals surface area contributed by atoms with Crippen LogP contribution in [0.4, 0.5) is 0 Å². The van der Waals surface area contributed by atoms with Gasteiger partial charge in [-0.15, -0.1) is 11.3 Å². The lowest BCUT2D eigenvalue weighted by atomic mass is 10.2. The molecule has 0 aliphatic carbocycles. The van der Waals surface area contributed by atoms with Gasteiger partial charge in [-0.2, -0.15) is 0 Å². The summed E-state index contributed by atoms with van der Waals surface area (Å²) in [6, 6.07) is 0.535. The maximum Gasteiger partial charge on any atom is 0.110 e. The van der Waals surface area contributed by atoms with Crippen LogP contribution in [-0.4, -0.2) is 36.1 Å². The molecule has 0 saturated carbocycles. The van der Waals surface area contributed by atoms with E-state index in [1.807, 2.05) is 11.3 Å². The summed E-state index contributed by atoms with van der Waals surface area (Å²) >= 11 is 1.83. The lowest BCUT2D eigenvalue weighted by Gasteiger charge is -2.33. The molecule has 0 radical (unpaired) electrons. The molecule has 1 fully saturated rings. The molecule has 1 aromatic rings. The number of hydrogen-bond acceptors (Lipinski definition) is 4. The van der Waals surface area contributed by atoms with Crippen LogP contribution >= 0.6 is 11.3 Å². The third-order valence-electron chi connectivity index (χ3n) is 3.20. The van der Waals surface area contributed by atoms with Gasteiger partial charge < -0.3 is 5.32 Å². The largest absolute Gasteiger partial charge is 0.314 e. The van der Waals surface area contributed by atoms with Crippen LogP contribution in [0.2, 0.25) is 0 Å². The Bertz CT molecular complexity index is 318. The molecule has 16 heavy (non-hydrogen) atoms. The highest BCUT2D eigenvalue weighted by Crippen LogP contribution is 2.27. The van der Waals surface area contributed by atoms with Gasteiger partial charge in [0, 0.05) is 31.6 Å². The number of hydrogen-bond donors (Lipinski definition) is 1. The fourth-order valence-corrected chi connectivity index (χ4v) is 3.34. The molecule has 0 bridgehead atoms. The van der Waals surface area contributed by atoms with E-state index in [2.05, 4.69) is 29.4 Å². The highest BCUT2D eigenvalue weighted by atomic mass is 32.1. The minimum absolute atomic E-state index is 0.535. The zero-order valence-corrected chi connectivity index (χ0v) is 11.0. The first-order valence-corrected chi connectivity index (χ1v) is 7.12. The van der Waals surface area contributed by atoms with E-state index in [1.54, 1.807) is 0 Å². The quantitative estimate of drug-likeness (QED) is 0.872. The third-order valence-corrected chi connectivity index (χ3v) is 4.19. The standard InChI is InChI=1S/C12H21N3S/c1-3-10-9-16-12(14-10)11(4-2)15-7-5-13-6-8-15/h9,11,13H,3-8H2,1-2H3. The molecular weight excluding hydrogens is 218 g/mol. The topological polar surface area (TPSA) is 28.2 Å². The van der Waals surface area contributed by atoms with Crippen LogP contribution in [0.5, 0.6) is 0 Å². The first-order valence-electron chi connectivity index (χ1n) is 6.24. The van der Waals surface area contributed by atoms with E-state index in [4.69, 9.17) is 4.98 Å². The predicted molar refractivity (Wildman–Crippen MR) is 69.0 cm³/mol. The maximum absolute atomic E-state index is 4.73. The Kier molecular flexibility index (Phi) is 4.32. The van der Waals surface area contributed by atoms with Crippen molar-refractivity contribution in [2.24, 2.45) is 0 Å². The van der Waals surface area contributed by atoms with Crippen LogP contribution in [-0.2, 0) is 6.42 Å². The van der Waals surface area contributed by atoms with Gasteiger partial charge in [0.25, 0.3) is 0 Å². The van der Waals surface area contributed by atoms with Gasteiger partial charge in [0.1, 0.15) is 5.01 Å². The summed E-state index contributed by atoms with van der Waals surface area (Å²) < 4.78 is 0. The average Bonchev–Trinajstić information content (AvgIpc) is 2.80. The van der Waals surface area contributed by atoms with E-state index in [0.717, 1.165) is 39.0 Å². The van der Waals surface area contributed by atoms with Gasteiger partial charge in [-0.25, -0.2) is 4.98 Å². The van der Waals surface area contributed by atoms with E-state index >= 15 is 0 Å². The van der Waals surface area contributed by atoms with Crippen molar-refractivity contribution in [1.29, 1.82) is 0 Å². The summed E-state index contributed by atoms with van der Waals surface area (Å²) in [4.78, 5) is 7.30. The fourth-order valence-electron chi connectivity index (χ4n) is 2.22. The Morgan fingerprint density at radius 2 is 2.19 bits per heavy atom. The minimum atomic E-state index is 0.535. The van der Waals surface area contributed by atoms with Crippen molar-refractivity contribution < 1.29 is 0 Å². The van der Waals surface area contributed by atoms with Crippen LogP contribution in [0.1, 0.15) is 37.0 Å². The average molecular weight is 239 g/mol. The molecule has 1 aromatic heterocycles. The second-order valence-electron chi connectivity index (χ2n) is 4.24. The molecule has 1 unspecified atom stereocenters. The van der Waals surface area contributed by atoms with Crippen LogP contribution in [0.25, 0.3) is 0 Å². The van der Waals surface area contributed by atoms with Gasteiger partial charge in [-0.1, -0.05) is 13.8 Å². The maximum atomic E-state index is 4.73. The summed E-state index contributed by atoms with van der Waals surface area (Å²) in [5, 5.41) is 6.92. The second-order valence-corrected chi connectivity index (χ2v) is 5.13. The molecule has 2 heterocycles. The predicted octanol–water partition coefficient (Wildman–Crippen LogP) is 2.06. The van der Waals surface area contributed by atoms with Gasteiger partial charge in [0.2, 0.25) is 0 Å². The normalized spacial score (nSPS) is 19.9. The van der Waals surface area contributed by atoms with Crippen LogP contribution in [0.15, 0.2) is 5.38 Å². The highest BCUT2D eigenvalue weighted by Gasteiger charge is 2.22. The molecule has 0 amide bonds. The van der Waals surface area contributed by atoms with E-state index in [1.165, 1.54) is 10.7 Å². The van der Waals surface area contributed by atoms with E-state index < -0.39 is 0 Å². The molecule has 0 spiro atoms. The number of rotatable bonds is 4. The van der Waals surface area contributed by atoms with Crippen LogP contribution < -0.4 is 5.32 Å².